The van der Waals surface area contributed by atoms with Crippen LogP contribution in [0.5, 0.6) is 0 Å². The fourth-order valence-electron chi connectivity index (χ4n) is 2.64. The van der Waals surface area contributed by atoms with Crippen LogP contribution in [-0.2, 0) is 0 Å². The summed E-state index contributed by atoms with van der Waals surface area (Å²) < 4.78 is 5.31. The van der Waals surface area contributed by atoms with Gasteiger partial charge in [0.05, 0.1) is 16.6 Å². The molecule has 0 saturated heterocycles. The van der Waals surface area contributed by atoms with Gasteiger partial charge >= 0.3 is 0 Å². The molecule has 1 N–H and O–H groups in total. The summed E-state index contributed by atoms with van der Waals surface area (Å²) in [7, 11) is 0. The van der Waals surface area contributed by atoms with Crippen LogP contribution in [0.3, 0.4) is 0 Å². The molecule has 0 bridgehead atoms. The molecule has 0 radical (unpaired) electrons. The van der Waals surface area contributed by atoms with E-state index in [1.165, 1.54) is 11.3 Å². The van der Waals surface area contributed by atoms with Gasteiger partial charge in [0.1, 0.15) is 0 Å². The molecule has 6 heteroatoms. The number of carbonyl (C=O) groups excluding carboxylic acids is 1. The number of hydrogen-bond donors (Lipinski definition) is 1. The molecule has 1 atom stereocenters. The average Bonchev–Trinajstić information content (AvgIpc) is 3.39. The summed E-state index contributed by atoms with van der Waals surface area (Å²) in [6.45, 7) is 0. The molecule has 0 spiro atoms. The molecule has 1 unspecified atom stereocenters. The lowest BCUT2D eigenvalue weighted by atomic mass is 10.0. The molecule has 1 aromatic carbocycles. The van der Waals surface area contributed by atoms with Crippen molar-refractivity contribution in [2.24, 2.45) is 0 Å². The van der Waals surface area contributed by atoms with Gasteiger partial charge in [-0.2, -0.15) is 0 Å². The summed E-state index contributed by atoms with van der Waals surface area (Å²) in [4.78, 5) is 18.0. The summed E-state index contributed by atoms with van der Waals surface area (Å²) in [6.07, 6.45) is 1.71. The highest BCUT2D eigenvalue weighted by molar-refractivity contribution is 7.13. The number of thiophene rings is 1. The van der Waals surface area contributed by atoms with E-state index in [1.807, 2.05) is 66.0 Å². The number of nitrogens with zero attached hydrogens (tertiary/aromatic N) is 2. The molecule has 26 heavy (non-hydrogen) atoms. The van der Waals surface area contributed by atoms with Crippen LogP contribution < -0.4 is 5.32 Å². The molecule has 3 heterocycles. The molecule has 3 aromatic heterocycles. The number of hydrogen-bond acceptors (Lipinski definition) is 5. The Bertz CT molecular complexity index is 943. The average molecular weight is 361 g/mol. The second kappa shape index (κ2) is 7.33. The van der Waals surface area contributed by atoms with Crippen molar-refractivity contribution in [2.45, 2.75) is 6.04 Å². The minimum atomic E-state index is -0.369. The van der Waals surface area contributed by atoms with Crippen LogP contribution in [0.15, 0.2) is 82.8 Å². The Morgan fingerprint density at radius 3 is 2.62 bits per heavy atom. The van der Waals surface area contributed by atoms with E-state index in [9.17, 15) is 4.79 Å². The van der Waals surface area contributed by atoms with Crippen LogP contribution in [-0.4, -0.2) is 16.0 Å². The van der Waals surface area contributed by atoms with Gasteiger partial charge in [-0.3, -0.25) is 9.78 Å². The first-order chi connectivity index (χ1) is 12.8. The molecule has 0 aliphatic carbocycles. The van der Waals surface area contributed by atoms with Crippen molar-refractivity contribution < 1.29 is 9.32 Å². The zero-order chi connectivity index (χ0) is 17.8. The van der Waals surface area contributed by atoms with E-state index in [1.54, 1.807) is 12.3 Å². The maximum absolute atomic E-state index is 12.7. The van der Waals surface area contributed by atoms with E-state index in [0.717, 1.165) is 16.1 Å². The normalized spacial score (nSPS) is 11.8. The number of rotatable bonds is 5. The van der Waals surface area contributed by atoms with Gasteiger partial charge < -0.3 is 9.84 Å². The molecule has 0 saturated carbocycles. The van der Waals surface area contributed by atoms with Crippen LogP contribution in [0.25, 0.3) is 10.6 Å². The van der Waals surface area contributed by atoms with Gasteiger partial charge in [0.25, 0.3) is 5.91 Å². The lowest BCUT2D eigenvalue weighted by Gasteiger charge is -2.18. The Morgan fingerprint density at radius 1 is 1.04 bits per heavy atom. The minimum Gasteiger partial charge on any atom is -0.355 e. The van der Waals surface area contributed by atoms with Crippen molar-refractivity contribution in [3.63, 3.8) is 0 Å². The predicted octanol–water partition coefficient (Wildman–Crippen LogP) is 4.32. The predicted molar refractivity (Wildman–Crippen MR) is 99.8 cm³/mol. The molecule has 0 aliphatic heterocycles. The highest BCUT2D eigenvalue weighted by Crippen LogP contribution is 2.26. The third kappa shape index (κ3) is 3.41. The van der Waals surface area contributed by atoms with Crippen LogP contribution >= 0.6 is 11.3 Å². The van der Waals surface area contributed by atoms with Crippen LogP contribution in [0, 0.1) is 0 Å². The maximum Gasteiger partial charge on any atom is 0.274 e. The van der Waals surface area contributed by atoms with E-state index in [0.29, 0.717) is 5.76 Å². The zero-order valence-corrected chi connectivity index (χ0v) is 14.5. The topological polar surface area (TPSA) is 68.0 Å². The SMILES string of the molecule is O=C(NC(c1ccccc1)c1ccccn1)c1cc(-c2cccs2)on1. The lowest BCUT2D eigenvalue weighted by Crippen LogP contribution is -2.30. The first-order valence-electron chi connectivity index (χ1n) is 8.08. The Labute approximate surface area is 154 Å². The largest absolute Gasteiger partial charge is 0.355 e. The van der Waals surface area contributed by atoms with Gasteiger partial charge in [0, 0.05) is 12.3 Å². The molecule has 1 amide bonds. The standard InChI is InChI=1S/C20H15N3O2S/c24-20(16-13-17(25-23-16)18-10-6-12-26-18)22-19(14-7-2-1-3-8-14)15-9-4-5-11-21-15/h1-13,19H,(H,22,24). The van der Waals surface area contributed by atoms with E-state index in [4.69, 9.17) is 4.52 Å². The van der Waals surface area contributed by atoms with Gasteiger partial charge in [-0.05, 0) is 29.1 Å². The number of carbonyl (C=O) groups is 1. The Balaban J connectivity index is 1.61. The molecule has 4 rings (SSSR count). The second-order valence-electron chi connectivity index (χ2n) is 5.63. The second-order valence-corrected chi connectivity index (χ2v) is 6.57. The van der Waals surface area contributed by atoms with Gasteiger partial charge in [-0.15, -0.1) is 11.3 Å². The van der Waals surface area contributed by atoms with Gasteiger partial charge in [0.15, 0.2) is 11.5 Å². The summed E-state index contributed by atoms with van der Waals surface area (Å²) in [5.74, 6) is 0.273. The Kier molecular flexibility index (Phi) is 4.57. The quantitative estimate of drug-likeness (QED) is 0.575. The van der Waals surface area contributed by atoms with E-state index in [2.05, 4.69) is 15.5 Å². The molecular formula is C20H15N3O2S. The number of benzene rings is 1. The molecule has 5 nitrogen and oxygen atoms in total. The third-order valence-corrected chi connectivity index (χ3v) is 4.78. The first kappa shape index (κ1) is 16.2. The van der Waals surface area contributed by atoms with Crippen molar-refractivity contribution >= 4 is 17.2 Å². The zero-order valence-electron chi connectivity index (χ0n) is 13.7. The monoisotopic (exact) mass is 361 g/mol. The summed E-state index contributed by atoms with van der Waals surface area (Å²) in [5.41, 5.74) is 1.95. The smallest absolute Gasteiger partial charge is 0.274 e. The van der Waals surface area contributed by atoms with Crippen molar-refractivity contribution in [3.05, 3.63) is 95.3 Å². The molecule has 4 aromatic rings. The minimum absolute atomic E-state index is 0.241. The van der Waals surface area contributed by atoms with E-state index >= 15 is 0 Å². The molecule has 128 valence electrons. The summed E-state index contributed by atoms with van der Waals surface area (Å²) >= 11 is 1.53. The van der Waals surface area contributed by atoms with Gasteiger partial charge in [-0.1, -0.05) is 47.6 Å². The lowest BCUT2D eigenvalue weighted by molar-refractivity contribution is 0.0933. The molecule has 0 fully saturated rings. The number of aromatic nitrogens is 2. The third-order valence-electron chi connectivity index (χ3n) is 3.90. The molecular weight excluding hydrogens is 346 g/mol. The van der Waals surface area contributed by atoms with Crippen molar-refractivity contribution in [1.29, 1.82) is 0 Å². The Hall–Kier alpha value is -3.25. The van der Waals surface area contributed by atoms with E-state index in [-0.39, 0.29) is 17.6 Å². The number of amides is 1. The Morgan fingerprint density at radius 2 is 1.88 bits per heavy atom. The number of nitrogens with one attached hydrogen (secondary N) is 1. The molecule has 0 aliphatic rings. The van der Waals surface area contributed by atoms with Crippen LogP contribution in [0.1, 0.15) is 27.8 Å². The fourth-order valence-corrected chi connectivity index (χ4v) is 3.32. The van der Waals surface area contributed by atoms with Crippen LogP contribution in [0.2, 0.25) is 0 Å². The maximum atomic E-state index is 12.7. The van der Waals surface area contributed by atoms with E-state index < -0.39 is 0 Å². The van der Waals surface area contributed by atoms with Crippen LogP contribution in [0.4, 0.5) is 0 Å². The van der Waals surface area contributed by atoms with Crippen molar-refractivity contribution in [2.75, 3.05) is 0 Å². The fraction of sp³-hybridized carbons (Fsp3) is 0.0500. The highest BCUT2D eigenvalue weighted by Gasteiger charge is 2.21. The van der Waals surface area contributed by atoms with Crippen molar-refractivity contribution in [3.8, 4) is 10.6 Å². The van der Waals surface area contributed by atoms with Gasteiger partial charge in [0.2, 0.25) is 0 Å². The summed E-state index contributed by atoms with van der Waals surface area (Å²) in [6, 6.07) is 20.5. The van der Waals surface area contributed by atoms with Gasteiger partial charge in [-0.25, -0.2) is 0 Å². The highest BCUT2D eigenvalue weighted by atomic mass is 32.1. The summed E-state index contributed by atoms with van der Waals surface area (Å²) in [5, 5.41) is 8.86. The first-order valence-corrected chi connectivity index (χ1v) is 8.96. The van der Waals surface area contributed by atoms with Crippen molar-refractivity contribution in [1.82, 2.24) is 15.5 Å². The number of pyridine rings is 1.